The topological polar surface area (TPSA) is 29.1 Å². The summed E-state index contributed by atoms with van der Waals surface area (Å²) in [5.74, 6) is -2.37. The van der Waals surface area contributed by atoms with Crippen LogP contribution in [0.3, 0.4) is 0 Å². The van der Waals surface area contributed by atoms with Gasteiger partial charge in [-0.25, -0.2) is 4.39 Å². The number of nitrogens with one attached hydrogen (secondary N) is 1. The molecule has 2 nitrogen and oxygen atoms in total. The Kier molecular flexibility index (Phi) is 5.78. The highest BCUT2D eigenvalue weighted by Gasteiger charge is 2.35. The van der Waals surface area contributed by atoms with Gasteiger partial charge in [-0.05, 0) is 25.0 Å². The lowest BCUT2D eigenvalue weighted by molar-refractivity contribution is -0.140. The molecule has 1 rings (SSSR count). The Morgan fingerprint density at radius 1 is 1.26 bits per heavy atom. The zero-order chi connectivity index (χ0) is 14.5. The van der Waals surface area contributed by atoms with E-state index in [1.807, 2.05) is 0 Å². The number of hydrogen-bond donors (Lipinski definition) is 1. The maximum absolute atomic E-state index is 13.6. The Morgan fingerprint density at radius 2 is 1.95 bits per heavy atom. The van der Waals surface area contributed by atoms with E-state index in [1.54, 1.807) is 0 Å². The number of carbonyl (C=O) groups excluding carboxylic acids is 1. The molecule has 0 radical (unpaired) electrons. The molecule has 0 atom stereocenters. The quantitative estimate of drug-likeness (QED) is 0.493. The van der Waals surface area contributed by atoms with Gasteiger partial charge in [0.05, 0.1) is 11.1 Å². The van der Waals surface area contributed by atoms with Crippen LogP contribution in [0.4, 0.5) is 17.6 Å². The number of rotatable bonds is 5. The average Bonchev–Trinajstić information content (AvgIpc) is 2.33. The third-order valence-electron chi connectivity index (χ3n) is 2.39. The summed E-state index contributed by atoms with van der Waals surface area (Å²) >= 11 is 3.21. The Bertz CT molecular complexity index is 448. The van der Waals surface area contributed by atoms with Gasteiger partial charge in [-0.2, -0.15) is 13.2 Å². The fourth-order valence-electron chi connectivity index (χ4n) is 1.44. The largest absolute Gasteiger partial charge is 0.419 e. The highest BCUT2D eigenvalue weighted by molar-refractivity contribution is 9.09. The summed E-state index contributed by atoms with van der Waals surface area (Å²) in [5, 5.41) is 3.15. The van der Waals surface area contributed by atoms with Gasteiger partial charge in [-0.1, -0.05) is 22.0 Å². The minimum atomic E-state index is -4.81. The SMILES string of the molecule is O=C(NCCCCBr)c1cccc(C(F)(F)F)c1F. The van der Waals surface area contributed by atoms with Crippen molar-refractivity contribution < 1.29 is 22.4 Å². The standard InChI is InChI=1S/C12H12BrF4NO/c13-6-1-2-7-18-11(19)8-4-3-5-9(10(8)14)12(15,16)17/h3-5H,1-2,6-7H2,(H,18,19). The van der Waals surface area contributed by atoms with E-state index < -0.39 is 29.0 Å². The van der Waals surface area contributed by atoms with Crippen LogP contribution in [0.5, 0.6) is 0 Å². The van der Waals surface area contributed by atoms with Gasteiger partial charge >= 0.3 is 6.18 Å². The molecule has 1 aromatic carbocycles. The fourth-order valence-corrected chi connectivity index (χ4v) is 1.84. The van der Waals surface area contributed by atoms with Crippen LogP contribution in [0.2, 0.25) is 0 Å². The predicted molar refractivity (Wildman–Crippen MR) is 66.8 cm³/mol. The number of alkyl halides is 4. The van der Waals surface area contributed by atoms with Crippen molar-refractivity contribution in [3.8, 4) is 0 Å². The summed E-state index contributed by atoms with van der Waals surface area (Å²) < 4.78 is 51.0. The van der Waals surface area contributed by atoms with Gasteiger partial charge in [-0.3, -0.25) is 4.79 Å². The van der Waals surface area contributed by atoms with Crippen LogP contribution in [-0.2, 0) is 6.18 Å². The second-order valence-corrected chi connectivity index (χ2v) is 4.61. The van der Waals surface area contributed by atoms with Gasteiger partial charge in [0.15, 0.2) is 0 Å². The van der Waals surface area contributed by atoms with Gasteiger partial charge in [-0.15, -0.1) is 0 Å². The summed E-state index contributed by atoms with van der Waals surface area (Å²) in [4.78, 5) is 11.6. The first kappa shape index (κ1) is 15.9. The van der Waals surface area contributed by atoms with Gasteiger partial charge in [0.1, 0.15) is 5.82 Å². The molecule has 0 heterocycles. The van der Waals surface area contributed by atoms with E-state index in [1.165, 1.54) is 0 Å². The molecule has 0 aromatic heterocycles. The predicted octanol–water partition coefficient (Wildman–Crippen LogP) is 3.75. The number of hydrogen-bond acceptors (Lipinski definition) is 1. The second kappa shape index (κ2) is 6.88. The summed E-state index contributed by atoms with van der Waals surface area (Å²) in [7, 11) is 0. The zero-order valence-electron chi connectivity index (χ0n) is 9.86. The number of unbranched alkanes of at least 4 members (excludes halogenated alkanes) is 1. The highest BCUT2D eigenvalue weighted by Crippen LogP contribution is 2.32. The van der Waals surface area contributed by atoms with Crippen molar-refractivity contribution in [2.45, 2.75) is 19.0 Å². The van der Waals surface area contributed by atoms with Crippen molar-refractivity contribution in [3.63, 3.8) is 0 Å². The normalized spacial score (nSPS) is 11.4. The molecule has 0 fully saturated rings. The van der Waals surface area contributed by atoms with Crippen LogP contribution in [-0.4, -0.2) is 17.8 Å². The van der Waals surface area contributed by atoms with E-state index >= 15 is 0 Å². The number of carbonyl (C=O) groups is 1. The van der Waals surface area contributed by atoms with Crippen molar-refractivity contribution >= 4 is 21.8 Å². The van der Waals surface area contributed by atoms with Crippen LogP contribution < -0.4 is 5.32 Å². The smallest absolute Gasteiger partial charge is 0.352 e. The first-order chi connectivity index (χ1) is 8.88. The lowest BCUT2D eigenvalue weighted by Crippen LogP contribution is -2.26. The van der Waals surface area contributed by atoms with Crippen LogP contribution in [0, 0.1) is 5.82 Å². The van der Waals surface area contributed by atoms with Crippen LogP contribution in [0.15, 0.2) is 18.2 Å². The third kappa shape index (κ3) is 4.49. The highest BCUT2D eigenvalue weighted by atomic mass is 79.9. The molecule has 0 aliphatic carbocycles. The Labute approximate surface area is 116 Å². The molecule has 0 aliphatic heterocycles. The van der Waals surface area contributed by atoms with Crippen molar-refractivity contribution in [2.75, 3.05) is 11.9 Å². The monoisotopic (exact) mass is 341 g/mol. The Hall–Kier alpha value is -1.11. The van der Waals surface area contributed by atoms with Crippen molar-refractivity contribution in [1.82, 2.24) is 5.32 Å². The van der Waals surface area contributed by atoms with Crippen LogP contribution >= 0.6 is 15.9 Å². The third-order valence-corrected chi connectivity index (χ3v) is 2.96. The molecule has 7 heteroatoms. The van der Waals surface area contributed by atoms with Crippen molar-refractivity contribution in [1.29, 1.82) is 0 Å². The lowest BCUT2D eigenvalue weighted by atomic mass is 10.1. The van der Waals surface area contributed by atoms with E-state index in [9.17, 15) is 22.4 Å². The van der Waals surface area contributed by atoms with Gasteiger partial charge in [0.25, 0.3) is 5.91 Å². The zero-order valence-corrected chi connectivity index (χ0v) is 11.4. The molecular weight excluding hydrogens is 330 g/mol. The summed E-state index contributed by atoms with van der Waals surface area (Å²) in [6.07, 6.45) is -3.33. The van der Waals surface area contributed by atoms with Crippen LogP contribution in [0.25, 0.3) is 0 Å². The van der Waals surface area contributed by atoms with E-state index in [0.717, 1.165) is 23.9 Å². The number of amides is 1. The first-order valence-corrected chi connectivity index (χ1v) is 6.70. The minimum absolute atomic E-state index is 0.292. The summed E-state index contributed by atoms with van der Waals surface area (Å²) in [5.41, 5.74) is -2.02. The molecule has 0 unspecified atom stereocenters. The maximum atomic E-state index is 13.6. The fraction of sp³-hybridized carbons (Fsp3) is 0.417. The van der Waals surface area contributed by atoms with E-state index in [4.69, 9.17) is 0 Å². The Balaban J connectivity index is 2.81. The van der Waals surface area contributed by atoms with Crippen LogP contribution in [0.1, 0.15) is 28.8 Å². The van der Waals surface area contributed by atoms with E-state index in [2.05, 4.69) is 21.2 Å². The molecule has 19 heavy (non-hydrogen) atoms. The summed E-state index contributed by atoms with van der Waals surface area (Å²) in [6, 6.07) is 2.65. The number of benzene rings is 1. The summed E-state index contributed by atoms with van der Waals surface area (Å²) in [6.45, 7) is 0.292. The van der Waals surface area contributed by atoms with Crippen molar-refractivity contribution in [3.05, 3.63) is 35.1 Å². The van der Waals surface area contributed by atoms with Gasteiger partial charge in [0.2, 0.25) is 0 Å². The molecule has 1 aromatic rings. The molecule has 1 N–H and O–H groups in total. The van der Waals surface area contributed by atoms with Gasteiger partial charge < -0.3 is 5.32 Å². The first-order valence-electron chi connectivity index (χ1n) is 5.57. The van der Waals surface area contributed by atoms with Gasteiger partial charge in [0, 0.05) is 11.9 Å². The molecular formula is C12H12BrF4NO. The minimum Gasteiger partial charge on any atom is -0.352 e. The molecule has 106 valence electrons. The molecule has 0 bridgehead atoms. The molecule has 0 saturated heterocycles. The molecule has 0 spiro atoms. The molecule has 1 amide bonds. The number of halogens is 5. The molecule has 0 aliphatic rings. The van der Waals surface area contributed by atoms with E-state index in [0.29, 0.717) is 19.0 Å². The van der Waals surface area contributed by atoms with E-state index in [-0.39, 0.29) is 0 Å². The average molecular weight is 342 g/mol. The molecule has 0 saturated carbocycles. The lowest BCUT2D eigenvalue weighted by Gasteiger charge is -2.11. The van der Waals surface area contributed by atoms with Crippen molar-refractivity contribution in [2.24, 2.45) is 0 Å². The Morgan fingerprint density at radius 3 is 2.53 bits per heavy atom. The maximum Gasteiger partial charge on any atom is 0.419 e. The second-order valence-electron chi connectivity index (χ2n) is 3.82.